The maximum absolute atomic E-state index is 13.3. The molecule has 0 radical (unpaired) electrons. The Kier molecular flexibility index (Phi) is 4.08. The number of nitrogens with zero attached hydrogens (tertiary/aromatic N) is 2. The minimum absolute atomic E-state index is 0.259. The lowest BCUT2D eigenvalue weighted by atomic mass is 10.2. The Morgan fingerprint density at radius 1 is 1.44 bits per heavy atom. The minimum Gasteiger partial charge on any atom is -0.334 e. The highest BCUT2D eigenvalue weighted by molar-refractivity contribution is 9.10. The molecule has 0 amide bonds. The quantitative estimate of drug-likeness (QED) is 0.943. The molecule has 2 aromatic rings. The van der Waals surface area contributed by atoms with Gasteiger partial charge in [-0.3, -0.25) is 0 Å². The first kappa shape index (κ1) is 13.2. The molecule has 0 spiro atoms. The van der Waals surface area contributed by atoms with E-state index in [9.17, 15) is 4.39 Å². The van der Waals surface area contributed by atoms with Crippen LogP contribution in [0.1, 0.15) is 12.7 Å². The fourth-order valence-corrected chi connectivity index (χ4v) is 1.97. The van der Waals surface area contributed by atoms with Gasteiger partial charge in [-0.1, -0.05) is 21.1 Å². The van der Waals surface area contributed by atoms with Crippen LogP contribution >= 0.6 is 15.9 Å². The topological polar surface area (TPSA) is 51.0 Å². The molecule has 0 saturated carbocycles. The van der Waals surface area contributed by atoms with Gasteiger partial charge in [0.1, 0.15) is 5.82 Å². The zero-order chi connectivity index (χ0) is 13.1. The summed E-state index contributed by atoms with van der Waals surface area (Å²) in [5.41, 5.74) is 0.567. The summed E-state index contributed by atoms with van der Waals surface area (Å²) in [5.74, 6) is 0.587. The number of halogens is 2. The van der Waals surface area contributed by atoms with Crippen LogP contribution in [0.15, 0.2) is 27.2 Å². The Labute approximate surface area is 113 Å². The van der Waals surface area contributed by atoms with Gasteiger partial charge in [0, 0.05) is 22.5 Å². The van der Waals surface area contributed by atoms with Crippen LogP contribution in [0.2, 0.25) is 0 Å². The lowest BCUT2D eigenvalue weighted by Crippen LogP contribution is -2.24. The van der Waals surface area contributed by atoms with Crippen molar-refractivity contribution in [2.45, 2.75) is 19.4 Å². The van der Waals surface area contributed by atoms with Crippen molar-refractivity contribution in [2.24, 2.45) is 0 Å². The van der Waals surface area contributed by atoms with Gasteiger partial charge in [0.05, 0.1) is 0 Å². The molecule has 0 aliphatic carbocycles. The van der Waals surface area contributed by atoms with E-state index in [-0.39, 0.29) is 11.9 Å². The second kappa shape index (κ2) is 5.58. The van der Waals surface area contributed by atoms with Gasteiger partial charge in [0.25, 0.3) is 5.89 Å². The SMILES string of the molecule is CNC(C)Cc1noc(-c2cc(F)cc(Br)c2)n1. The molecule has 1 N–H and O–H groups in total. The summed E-state index contributed by atoms with van der Waals surface area (Å²) in [6.45, 7) is 2.02. The lowest BCUT2D eigenvalue weighted by molar-refractivity contribution is 0.418. The highest BCUT2D eigenvalue weighted by Gasteiger charge is 2.12. The van der Waals surface area contributed by atoms with E-state index in [4.69, 9.17) is 4.52 Å². The van der Waals surface area contributed by atoms with E-state index in [0.29, 0.717) is 28.2 Å². The molecule has 1 atom stereocenters. The summed E-state index contributed by atoms with van der Waals surface area (Å²) in [6.07, 6.45) is 0.663. The third-order valence-corrected chi connectivity index (χ3v) is 3.02. The molecule has 0 saturated heterocycles. The summed E-state index contributed by atoms with van der Waals surface area (Å²) >= 11 is 3.23. The Hall–Kier alpha value is -1.27. The van der Waals surface area contributed by atoms with Crippen molar-refractivity contribution in [3.8, 4) is 11.5 Å². The highest BCUT2D eigenvalue weighted by atomic mass is 79.9. The fourth-order valence-electron chi connectivity index (χ4n) is 1.51. The minimum atomic E-state index is -0.345. The Bertz CT molecular complexity index is 524. The third kappa shape index (κ3) is 3.14. The summed E-state index contributed by atoms with van der Waals surface area (Å²) in [5, 5.41) is 6.97. The molecule has 0 fully saturated rings. The predicted octanol–water partition coefficient (Wildman–Crippen LogP) is 2.79. The van der Waals surface area contributed by atoms with E-state index >= 15 is 0 Å². The third-order valence-electron chi connectivity index (χ3n) is 2.56. The number of benzene rings is 1. The van der Waals surface area contributed by atoms with Crippen molar-refractivity contribution in [3.05, 3.63) is 34.3 Å². The number of aromatic nitrogens is 2. The average Bonchev–Trinajstić information content (AvgIpc) is 2.76. The van der Waals surface area contributed by atoms with Crippen molar-refractivity contribution >= 4 is 15.9 Å². The van der Waals surface area contributed by atoms with Gasteiger partial charge in [-0.15, -0.1) is 0 Å². The maximum atomic E-state index is 13.3. The van der Waals surface area contributed by atoms with E-state index in [1.807, 2.05) is 14.0 Å². The molecular weight excluding hydrogens is 301 g/mol. The number of hydrogen-bond donors (Lipinski definition) is 1. The lowest BCUT2D eigenvalue weighted by Gasteiger charge is -2.04. The number of likely N-dealkylation sites (N-methyl/N-ethyl adjacent to an activating group) is 1. The standard InChI is InChI=1S/C12H13BrFN3O/c1-7(15-2)3-11-16-12(18-17-11)8-4-9(13)6-10(14)5-8/h4-7,15H,3H2,1-2H3. The van der Waals surface area contributed by atoms with Crippen LogP contribution in [-0.4, -0.2) is 23.2 Å². The molecule has 0 aliphatic rings. The number of hydrogen-bond acceptors (Lipinski definition) is 4. The van der Waals surface area contributed by atoms with E-state index < -0.39 is 0 Å². The fraction of sp³-hybridized carbons (Fsp3) is 0.333. The van der Waals surface area contributed by atoms with E-state index in [1.54, 1.807) is 6.07 Å². The summed E-state index contributed by atoms with van der Waals surface area (Å²) in [4.78, 5) is 4.25. The van der Waals surface area contributed by atoms with Crippen LogP contribution in [0, 0.1) is 5.82 Å². The normalized spacial score (nSPS) is 12.7. The zero-order valence-electron chi connectivity index (χ0n) is 10.1. The molecule has 1 unspecified atom stereocenters. The molecule has 4 nitrogen and oxygen atoms in total. The number of nitrogens with one attached hydrogen (secondary N) is 1. The van der Waals surface area contributed by atoms with Gasteiger partial charge in [-0.05, 0) is 32.2 Å². The van der Waals surface area contributed by atoms with Crippen LogP contribution in [-0.2, 0) is 6.42 Å². The van der Waals surface area contributed by atoms with Gasteiger partial charge < -0.3 is 9.84 Å². The van der Waals surface area contributed by atoms with Crippen LogP contribution in [0.25, 0.3) is 11.5 Å². The molecular formula is C12H13BrFN3O. The first-order chi connectivity index (χ1) is 8.58. The largest absolute Gasteiger partial charge is 0.334 e. The van der Waals surface area contributed by atoms with Crippen molar-refractivity contribution in [1.29, 1.82) is 0 Å². The van der Waals surface area contributed by atoms with Gasteiger partial charge in [-0.2, -0.15) is 4.98 Å². The first-order valence-electron chi connectivity index (χ1n) is 5.55. The van der Waals surface area contributed by atoms with E-state index in [1.165, 1.54) is 12.1 Å². The molecule has 0 bridgehead atoms. The van der Waals surface area contributed by atoms with Gasteiger partial charge in [-0.25, -0.2) is 4.39 Å². The molecule has 1 heterocycles. The summed E-state index contributed by atoms with van der Waals surface area (Å²) in [6, 6.07) is 4.74. The molecule has 1 aromatic heterocycles. The molecule has 1 aromatic carbocycles. The van der Waals surface area contributed by atoms with Crippen LogP contribution in [0.3, 0.4) is 0 Å². The molecule has 6 heteroatoms. The predicted molar refractivity (Wildman–Crippen MR) is 69.6 cm³/mol. The maximum Gasteiger partial charge on any atom is 0.258 e. The van der Waals surface area contributed by atoms with Crippen molar-refractivity contribution < 1.29 is 8.91 Å². The monoisotopic (exact) mass is 313 g/mol. The zero-order valence-corrected chi connectivity index (χ0v) is 11.7. The first-order valence-corrected chi connectivity index (χ1v) is 6.34. The highest BCUT2D eigenvalue weighted by Crippen LogP contribution is 2.23. The van der Waals surface area contributed by atoms with Crippen LogP contribution in [0.4, 0.5) is 4.39 Å². The molecule has 18 heavy (non-hydrogen) atoms. The van der Waals surface area contributed by atoms with Crippen molar-refractivity contribution in [1.82, 2.24) is 15.5 Å². The van der Waals surface area contributed by atoms with E-state index in [2.05, 4.69) is 31.4 Å². The Morgan fingerprint density at radius 2 is 2.22 bits per heavy atom. The van der Waals surface area contributed by atoms with Crippen LogP contribution in [0.5, 0.6) is 0 Å². The van der Waals surface area contributed by atoms with Crippen molar-refractivity contribution in [2.75, 3.05) is 7.05 Å². The molecule has 96 valence electrons. The molecule has 2 rings (SSSR count). The second-order valence-electron chi connectivity index (χ2n) is 4.07. The Morgan fingerprint density at radius 3 is 2.89 bits per heavy atom. The summed E-state index contributed by atoms with van der Waals surface area (Å²) < 4.78 is 19.0. The second-order valence-corrected chi connectivity index (χ2v) is 4.98. The average molecular weight is 314 g/mol. The Balaban J connectivity index is 2.23. The van der Waals surface area contributed by atoms with Crippen molar-refractivity contribution in [3.63, 3.8) is 0 Å². The van der Waals surface area contributed by atoms with Gasteiger partial charge in [0.15, 0.2) is 5.82 Å². The summed E-state index contributed by atoms with van der Waals surface area (Å²) in [7, 11) is 1.87. The van der Waals surface area contributed by atoms with Crippen LogP contribution < -0.4 is 5.32 Å². The number of rotatable bonds is 4. The molecule has 0 aliphatic heterocycles. The van der Waals surface area contributed by atoms with E-state index in [0.717, 1.165) is 0 Å². The van der Waals surface area contributed by atoms with Gasteiger partial charge in [0.2, 0.25) is 0 Å². The smallest absolute Gasteiger partial charge is 0.258 e. The van der Waals surface area contributed by atoms with Gasteiger partial charge >= 0.3 is 0 Å².